The number of nitrogens with zero attached hydrogens (tertiary/aromatic N) is 1. The number of rotatable bonds is 4. The van der Waals surface area contributed by atoms with Crippen molar-refractivity contribution in [1.82, 2.24) is 10.2 Å². The quantitative estimate of drug-likeness (QED) is 0.754. The minimum Gasteiger partial charge on any atom is -0.390 e. The van der Waals surface area contributed by atoms with Crippen LogP contribution in [0.1, 0.15) is 26.7 Å². The molecular formula is C13H26N2O3S. The van der Waals surface area contributed by atoms with E-state index in [9.17, 15) is 13.5 Å². The van der Waals surface area contributed by atoms with Crippen LogP contribution in [0.4, 0.5) is 0 Å². The molecule has 5 nitrogen and oxygen atoms in total. The van der Waals surface area contributed by atoms with Crippen LogP contribution in [0.2, 0.25) is 0 Å². The molecule has 2 aliphatic rings. The zero-order valence-electron chi connectivity index (χ0n) is 11.9. The topological polar surface area (TPSA) is 69.6 Å². The molecule has 0 radical (unpaired) electrons. The lowest BCUT2D eigenvalue weighted by Crippen LogP contribution is -2.50. The molecule has 0 aromatic heterocycles. The van der Waals surface area contributed by atoms with Gasteiger partial charge in [-0.2, -0.15) is 0 Å². The highest BCUT2D eigenvalue weighted by Gasteiger charge is 2.41. The van der Waals surface area contributed by atoms with E-state index < -0.39 is 15.9 Å². The zero-order chi connectivity index (χ0) is 14.0. The van der Waals surface area contributed by atoms with Crippen LogP contribution in [0.5, 0.6) is 0 Å². The highest BCUT2D eigenvalue weighted by atomic mass is 32.2. The summed E-state index contributed by atoms with van der Waals surface area (Å²) in [7, 11) is -3.07. The van der Waals surface area contributed by atoms with Gasteiger partial charge in [-0.3, -0.25) is 4.90 Å². The Balaban J connectivity index is 2.03. The van der Waals surface area contributed by atoms with Gasteiger partial charge in [0.05, 0.1) is 23.7 Å². The van der Waals surface area contributed by atoms with Gasteiger partial charge in [0, 0.05) is 12.6 Å². The zero-order valence-corrected chi connectivity index (χ0v) is 12.7. The summed E-state index contributed by atoms with van der Waals surface area (Å²) in [6, 6.07) is 0.0442. The molecule has 2 aliphatic heterocycles. The van der Waals surface area contributed by atoms with Crippen molar-refractivity contribution in [3.63, 3.8) is 0 Å². The van der Waals surface area contributed by atoms with Crippen molar-refractivity contribution in [3.8, 4) is 0 Å². The molecule has 0 aliphatic carbocycles. The molecule has 0 aromatic rings. The molecule has 6 heteroatoms. The normalized spacial score (nSPS) is 32.3. The molecule has 2 fully saturated rings. The van der Waals surface area contributed by atoms with E-state index in [4.69, 9.17) is 0 Å². The third kappa shape index (κ3) is 3.90. The average molecular weight is 290 g/mol. The fourth-order valence-corrected chi connectivity index (χ4v) is 5.03. The van der Waals surface area contributed by atoms with Gasteiger partial charge in [-0.25, -0.2) is 8.42 Å². The van der Waals surface area contributed by atoms with Crippen molar-refractivity contribution in [2.75, 3.05) is 31.1 Å². The first-order valence-electron chi connectivity index (χ1n) is 7.24. The van der Waals surface area contributed by atoms with Crippen LogP contribution >= 0.6 is 0 Å². The highest BCUT2D eigenvalue weighted by Crippen LogP contribution is 2.24. The van der Waals surface area contributed by atoms with Crippen LogP contribution < -0.4 is 5.32 Å². The first-order chi connectivity index (χ1) is 8.89. The molecule has 2 unspecified atom stereocenters. The van der Waals surface area contributed by atoms with Crippen molar-refractivity contribution < 1.29 is 13.5 Å². The minimum absolute atomic E-state index is 0.0763. The fraction of sp³-hybridized carbons (Fsp3) is 1.00. The SMILES string of the molecule is CC(C)N(CC1CCNCC1)C1CS(=O)(=O)CC1O. The van der Waals surface area contributed by atoms with E-state index in [1.54, 1.807) is 0 Å². The number of aliphatic hydroxyl groups is 1. The van der Waals surface area contributed by atoms with E-state index in [0.717, 1.165) is 32.5 Å². The lowest BCUT2D eigenvalue weighted by atomic mass is 9.96. The van der Waals surface area contributed by atoms with Crippen LogP contribution in [-0.4, -0.2) is 67.8 Å². The number of aliphatic hydroxyl groups excluding tert-OH is 1. The molecule has 2 heterocycles. The first-order valence-corrected chi connectivity index (χ1v) is 9.06. The van der Waals surface area contributed by atoms with Gasteiger partial charge in [-0.15, -0.1) is 0 Å². The molecule has 0 aromatic carbocycles. The van der Waals surface area contributed by atoms with Crippen LogP contribution in [0, 0.1) is 5.92 Å². The summed E-state index contributed by atoms with van der Waals surface area (Å²) in [5.74, 6) is 0.642. The van der Waals surface area contributed by atoms with E-state index in [-0.39, 0.29) is 23.6 Å². The maximum atomic E-state index is 11.7. The average Bonchev–Trinajstić information content (AvgIpc) is 2.60. The molecule has 112 valence electrons. The third-order valence-electron chi connectivity index (χ3n) is 4.31. The van der Waals surface area contributed by atoms with Gasteiger partial charge in [-0.1, -0.05) is 0 Å². The molecule has 0 bridgehead atoms. The maximum absolute atomic E-state index is 11.7. The summed E-state index contributed by atoms with van der Waals surface area (Å²) in [6.07, 6.45) is 1.55. The van der Waals surface area contributed by atoms with Crippen molar-refractivity contribution in [2.45, 2.75) is 44.9 Å². The van der Waals surface area contributed by atoms with E-state index in [0.29, 0.717) is 5.92 Å². The molecule has 0 amide bonds. The second kappa shape index (κ2) is 6.08. The molecule has 0 saturated carbocycles. The van der Waals surface area contributed by atoms with Crippen molar-refractivity contribution in [3.05, 3.63) is 0 Å². The fourth-order valence-electron chi connectivity index (χ4n) is 3.22. The summed E-state index contributed by atoms with van der Waals surface area (Å²) < 4.78 is 23.3. The van der Waals surface area contributed by atoms with E-state index >= 15 is 0 Å². The number of sulfone groups is 1. The summed E-state index contributed by atoms with van der Waals surface area (Å²) in [6.45, 7) is 7.15. The third-order valence-corrected chi connectivity index (χ3v) is 6.01. The van der Waals surface area contributed by atoms with Crippen molar-refractivity contribution in [2.24, 2.45) is 5.92 Å². The van der Waals surface area contributed by atoms with E-state index in [1.807, 2.05) is 0 Å². The van der Waals surface area contributed by atoms with Gasteiger partial charge < -0.3 is 10.4 Å². The first kappa shape index (κ1) is 15.2. The Bertz CT molecular complexity index is 391. The van der Waals surface area contributed by atoms with Crippen molar-refractivity contribution in [1.29, 1.82) is 0 Å². The molecular weight excluding hydrogens is 264 g/mol. The van der Waals surface area contributed by atoms with Gasteiger partial charge in [0.1, 0.15) is 0 Å². The molecule has 2 N–H and O–H groups in total. The highest BCUT2D eigenvalue weighted by molar-refractivity contribution is 7.91. The Labute approximate surface area is 116 Å². The summed E-state index contributed by atoms with van der Waals surface area (Å²) in [4.78, 5) is 2.20. The summed E-state index contributed by atoms with van der Waals surface area (Å²) >= 11 is 0. The van der Waals surface area contributed by atoms with Crippen LogP contribution in [0.25, 0.3) is 0 Å². The second-order valence-corrected chi connectivity index (χ2v) is 8.35. The Morgan fingerprint density at radius 3 is 2.37 bits per heavy atom. The predicted octanol–water partition coefficient (Wildman–Crippen LogP) is -0.146. The Morgan fingerprint density at radius 1 is 1.26 bits per heavy atom. The largest absolute Gasteiger partial charge is 0.390 e. The van der Waals surface area contributed by atoms with Crippen LogP contribution in [-0.2, 0) is 9.84 Å². The molecule has 0 spiro atoms. The predicted molar refractivity (Wildman–Crippen MR) is 75.9 cm³/mol. The lowest BCUT2D eigenvalue weighted by Gasteiger charge is -2.37. The number of nitrogens with one attached hydrogen (secondary N) is 1. The smallest absolute Gasteiger partial charge is 0.154 e. The van der Waals surface area contributed by atoms with E-state index in [1.165, 1.54) is 0 Å². The van der Waals surface area contributed by atoms with Crippen LogP contribution in [0.3, 0.4) is 0 Å². The standard InChI is InChI=1S/C13H26N2O3S/c1-10(2)15(7-11-3-5-14-6-4-11)12-8-19(17,18)9-13(12)16/h10-14,16H,3-9H2,1-2H3. The van der Waals surface area contributed by atoms with Gasteiger partial charge in [0.15, 0.2) is 9.84 Å². The Kier molecular flexibility index (Phi) is 4.87. The molecule has 19 heavy (non-hydrogen) atoms. The van der Waals surface area contributed by atoms with E-state index in [2.05, 4.69) is 24.1 Å². The second-order valence-electron chi connectivity index (χ2n) is 6.20. The minimum atomic E-state index is -3.07. The Morgan fingerprint density at radius 2 is 1.89 bits per heavy atom. The maximum Gasteiger partial charge on any atom is 0.154 e. The monoisotopic (exact) mass is 290 g/mol. The lowest BCUT2D eigenvalue weighted by molar-refractivity contribution is 0.0479. The van der Waals surface area contributed by atoms with Gasteiger partial charge >= 0.3 is 0 Å². The summed E-state index contributed by atoms with van der Waals surface area (Å²) in [5, 5.41) is 13.4. The van der Waals surface area contributed by atoms with Gasteiger partial charge in [-0.05, 0) is 45.7 Å². The number of hydrogen-bond acceptors (Lipinski definition) is 5. The van der Waals surface area contributed by atoms with Gasteiger partial charge in [0.2, 0.25) is 0 Å². The Hall–Kier alpha value is -0.170. The molecule has 2 rings (SSSR count). The van der Waals surface area contributed by atoms with Crippen molar-refractivity contribution >= 4 is 9.84 Å². The number of hydrogen-bond donors (Lipinski definition) is 2. The van der Waals surface area contributed by atoms with Crippen LogP contribution in [0.15, 0.2) is 0 Å². The molecule has 2 saturated heterocycles. The summed E-state index contributed by atoms with van der Waals surface area (Å²) in [5.41, 5.74) is 0. The number of piperidine rings is 1. The van der Waals surface area contributed by atoms with Gasteiger partial charge in [0.25, 0.3) is 0 Å². The molecule has 2 atom stereocenters.